The van der Waals surface area contributed by atoms with Crippen molar-refractivity contribution >= 4 is 33.4 Å². The van der Waals surface area contributed by atoms with E-state index in [-0.39, 0.29) is 25.1 Å². The van der Waals surface area contributed by atoms with Crippen molar-refractivity contribution in [2.24, 2.45) is 4.99 Å². The number of amides is 1. The van der Waals surface area contributed by atoms with Crippen LogP contribution in [0.5, 0.6) is 17.2 Å². The van der Waals surface area contributed by atoms with Gasteiger partial charge in [0.15, 0.2) is 16.3 Å². The second kappa shape index (κ2) is 10.5. The molecule has 0 N–H and O–H groups in total. The van der Waals surface area contributed by atoms with Crippen molar-refractivity contribution in [3.63, 3.8) is 0 Å². The number of aromatic nitrogens is 1. The van der Waals surface area contributed by atoms with Crippen LogP contribution in [-0.2, 0) is 16.1 Å². The van der Waals surface area contributed by atoms with Crippen LogP contribution in [0.3, 0.4) is 0 Å². The van der Waals surface area contributed by atoms with Gasteiger partial charge in [-0.2, -0.15) is 4.99 Å². The average Bonchev–Trinajstić information content (AvgIpc) is 3.40. The Labute approximate surface area is 195 Å². The van der Waals surface area contributed by atoms with E-state index in [0.29, 0.717) is 41.6 Å². The molecule has 0 fully saturated rings. The topological polar surface area (TPSA) is 88.4 Å². The van der Waals surface area contributed by atoms with Crippen LogP contribution >= 0.6 is 11.3 Å². The van der Waals surface area contributed by atoms with Gasteiger partial charge in [0.2, 0.25) is 6.79 Å². The number of thiazole rings is 1. The maximum Gasteiger partial charge on any atom is 0.307 e. The van der Waals surface area contributed by atoms with Crippen LogP contribution in [0.1, 0.15) is 43.5 Å². The van der Waals surface area contributed by atoms with Crippen LogP contribution in [0.25, 0.3) is 10.2 Å². The van der Waals surface area contributed by atoms with Crippen molar-refractivity contribution in [1.82, 2.24) is 4.57 Å². The number of nitrogens with zero attached hydrogens (tertiary/aromatic N) is 2. The Morgan fingerprint density at radius 1 is 1.12 bits per heavy atom. The first-order valence-electron chi connectivity index (χ1n) is 11.0. The van der Waals surface area contributed by atoms with Crippen molar-refractivity contribution in [3.8, 4) is 17.2 Å². The van der Waals surface area contributed by atoms with Crippen LogP contribution in [0, 0.1) is 0 Å². The first-order chi connectivity index (χ1) is 16.1. The molecule has 1 aliphatic heterocycles. The van der Waals surface area contributed by atoms with Gasteiger partial charge in [0.05, 0.1) is 29.9 Å². The number of ether oxygens (including phenoxy) is 4. The molecule has 0 unspecified atom stereocenters. The summed E-state index contributed by atoms with van der Waals surface area (Å²) < 4.78 is 24.4. The molecule has 33 heavy (non-hydrogen) atoms. The minimum atomic E-state index is -0.369. The molecule has 0 radical (unpaired) electrons. The smallest absolute Gasteiger partial charge is 0.307 e. The van der Waals surface area contributed by atoms with Crippen molar-refractivity contribution in [3.05, 3.63) is 46.8 Å². The number of hydrogen-bond donors (Lipinski definition) is 0. The maximum absolute atomic E-state index is 12.9. The molecule has 4 rings (SSSR count). The summed E-state index contributed by atoms with van der Waals surface area (Å²) in [5.41, 5.74) is 1.28. The molecule has 8 nitrogen and oxygen atoms in total. The fourth-order valence-corrected chi connectivity index (χ4v) is 4.44. The zero-order valence-electron chi connectivity index (χ0n) is 18.7. The molecule has 2 heterocycles. The van der Waals surface area contributed by atoms with E-state index in [1.807, 2.05) is 16.7 Å². The summed E-state index contributed by atoms with van der Waals surface area (Å²) in [6.07, 6.45) is 2.20. The number of esters is 1. The Hall–Kier alpha value is -3.33. The fraction of sp³-hybridized carbons (Fsp3) is 0.375. The summed E-state index contributed by atoms with van der Waals surface area (Å²) in [5, 5.41) is 0. The molecule has 174 valence electrons. The molecule has 0 bridgehead atoms. The number of unbranched alkanes of at least 4 members (excludes halogenated alkanes) is 1. The third-order valence-corrected chi connectivity index (χ3v) is 6.13. The lowest BCUT2D eigenvalue weighted by molar-refractivity contribution is -0.143. The maximum atomic E-state index is 12.9. The second-order valence-corrected chi connectivity index (χ2v) is 8.42. The van der Waals surface area contributed by atoms with E-state index in [2.05, 4.69) is 11.9 Å². The molecule has 0 saturated heterocycles. The van der Waals surface area contributed by atoms with E-state index in [4.69, 9.17) is 18.9 Å². The standard InChI is InChI=1S/C24H26N2O6S/c1-3-5-12-30-17-8-6-16(7-9-17)23(28)25-24-26(11-10-22(27)29-4-2)18-13-19-20(32-15-31-19)14-21(18)33-24/h6-9,13-14H,3-5,10-12,15H2,1-2H3. The Morgan fingerprint density at radius 3 is 2.61 bits per heavy atom. The highest BCUT2D eigenvalue weighted by Crippen LogP contribution is 2.37. The highest BCUT2D eigenvalue weighted by molar-refractivity contribution is 7.16. The van der Waals surface area contributed by atoms with Crippen molar-refractivity contribution in [1.29, 1.82) is 0 Å². The molecule has 1 aromatic heterocycles. The minimum Gasteiger partial charge on any atom is -0.494 e. The lowest BCUT2D eigenvalue weighted by Gasteiger charge is -2.06. The number of benzene rings is 2. The largest absolute Gasteiger partial charge is 0.494 e. The quantitative estimate of drug-likeness (QED) is 0.342. The van der Waals surface area contributed by atoms with Crippen LogP contribution in [0.2, 0.25) is 0 Å². The summed E-state index contributed by atoms with van der Waals surface area (Å²) in [6, 6.07) is 10.7. The van der Waals surface area contributed by atoms with Gasteiger partial charge in [0, 0.05) is 24.2 Å². The number of fused-ring (bicyclic) bond motifs is 2. The second-order valence-electron chi connectivity index (χ2n) is 7.41. The third kappa shape index (κ3) is 5.36. The third-order valence-electron chi connectivity index (χ3n) is 5.09. The number of rotatable bonds is 9. The summed E-state index contributed by atoms with van der Waals surface area (Å²) in [7, 11) is 0. The van der Waals surface area contributed by atoms with Gasteiger partial charge in [-0.25, -0.2) is 0 Å². The van der Waals surface area contributed by atoms with E-state index in [0.717, 1.165) is 28.8 Å². The first-order valence-corrected chi connectivity index (χ1v) is 11.8. The van der Waals surface area contributed by atoms with Gasteiger partial charge >= 0.3 is 5.97 Å². The Kier molecular flexibility index (Phi) is 7.29. The lowest BCUT2D eigenvalue weighted by atomic mass is 10.2. The number of carbonyl (C=O) groups is 2. The van der Waals surface area contributed by atoms with Gasteiger partial charge in [0.25, 0.3) is 5.91 Å². The molecule has 0 saturated carbocycles. The summed E-state index contributed by atoms with van der Waals surface area (Å²) in [4.78, 5) is 29.7. The average molecular weight is 471 g/mol. The molecule has 2 aromatic carbocycles. The molecule has 9 heteroatoms. The Balaban J connectivity index is 1.64. The van der Waals surface area contributed by atoms with Gasteiger partial charge in [-0.1, -0.05) is 24.7 Å². The molecule has 0 spiro atoms. The molecular weight excluding hydrogens is 444 g/mol. The van der Waals surface area contributed by atoms with Gasteiger partial charge in [-0.15, -0.1) is 0 Å². The number of carbonyl (C=O) groups excluding carboxylic acids is 2. The van der Waals surface area contributed by atoms with Crippen molar-refractivity contribution in [2.45, 2.75) is 39.7 Å². The van der Waals surface area contributed by atoms with Gasteiger partial charge in [0.1, 0.15) is 5.75 Å². The summed E-state index contributed by atoms with van der Waals surface area (Å²) in [6.45, 7) is 5.34. The molecule has 3 aromatic rings. The Bertz CT molecular complexity index is 1210. The monoisotopic (exact) mass is 470 g/mol. The predicted molar refractivity (Wildman–Crippen MR) is 124 cm³/mol. The fourth-order valence-electron chi connectivity index (χ4n) is 3.38. The number of aryl methyl sites for hydroxylation is 1. The Morgan fingerprint density at radius 2 is 1.88 bits per heavy atom. The van der Waals surface area contributed by atoms with Crippen LogP contribution in [0.15, 0.2) is 41.4 Å². The lowest BCUT2D eigenvalue weighted by Crippen LogP contribution is -2.19. The van der Waals surface area contributed by atoms with Crippen molar-refractivity contribution < 1.29 is 28.5 Å². The van der Waals surface area contributed by atoms with E-state index in [1.165, 1.54) is 11.3 Å². The van der Waals surface area contributed by atoms with Gasteiger partial charge in [-0.3, -0.25) is 9.59 Å². The molecule has 0 atom stereocenters. The predicted octanol–water partition coefficient (Wildman–Crippen LogP) is 4.30. The molecule has 1 amide bonds. The van der Waals surface area contributed by atoms with E-state index in [9.17, 15) is 9.59 Å². The molecule has 1 aliphatic rings. The van der Waals surface area contributed by atoms with Crippen LogP contribution in [-0.4, -0.2) is 36.5 Å². The SMILES string of the molecule is CCCCOc1ccc(C(=O)N=c2sc3cc4c(cc3n2CCC(=O)OCC)OCO4)cc1. The highest BCUT2D eigenvalue weighted by atomic mass is 32.1. The highest BCUT2D eigenvalue weighted by Gasteiger charge is 2.19. The summed E-state index contributed by atoms with van der Waals surface area (Å²) in [5.74, 6) is 1.33. The normalized spacial score (nSPS) is 12.8. The minimum absolute atomic E-state index is 0.166. The summed E-state index contributed by atoms with van der Waals surface area (Å²) >= 11 is 1.36. The van der Waals surface area contributed by atoms with E-state index >= 15 is 0 Å². The first kappa shape index (κ1) is 22.8. The van der Waals surface area contributed by atoms with Crippen molar-refractivity contribution in [2.75, 3.05) is 20.0 Å². The van der Waals surface area contributed by atoms with E-state index in [1.54, 1.807) is 31.2 Å². The van der Waals surface area contributed by atoms with Gasteiger partial charge in [-0.05, 0) is 37.6 Å². The molecule has 0 aliphatic carbocycles. The van der Waals surface area contributed by atoms with Gasteiger partial charge < -0.3 is 23.5 Å². The zero-order valence-corrected chi connectivity index (χ0v) is 19.5. The number of hydrogen-bond acceptors (Lipinski definition) is 7. The zero-order chi connectivity index (χ0) is 23.2. The van der Waals surface area contributed by atoms with E-state index < -0.39 is 0 Å². The van der Waals surface area contributed by atoms with Crippen LogP contribution < -0.4 is 19.0 Å². The molecular formula is C24H26N2O6S. The van der Waals surface area contributed by atoms with Crippen LogP contribution in [0.4, 0.5) is 0 Å².